The second kappa shape index (κ2) is 10.9. The zero-order valence-corrected chi connectivity index (χ0v) is 18.9. The highest BCUT2D eigenvalue weighted by molar-refractivity contribution is 6.02. The molecule has 0 aliphatic carbocycles. The highest BCUT2D eigenvalue weighted by atomic mass is 16.5. The van der Waals surface area contributed by atoms with Gasteiger partial charge < -0.3 is 19.9 Å². The molecule has 1 N–H and O–H groups in total. The molecule has 1 amide bonds. The molecule has 2 aromatic rings. The van der Waals surface area contributed by atoms with Crippen LogP contribution in [0, 0.1) is 18.3 Å². The zero-order chi connectivity index (χ0) is 23.1. The fourth-order valence-corrected chi connectivity index (χ4v) is 3.75. The summed E-state index contributed by atoms with van der Waals surface area (Å²) in [6.45, 7) is 9.04. The Balaban J connectivity index is 2.05. The summed E-state index contributed by atoms with van der Waals surface area (Å²) in [5, 5.41) is 12.3. The van der Waals surface area contributed by atoms with E-state index in [2.05, 4.69) is 22.0 Å². The number of nitriles is 1. The Morgan fingerprint density at radius 1 is 1.34 bits per heavy atom. The van der Waals surface area contributed by atoms with Crippen molar-refractivity contribution in [3.05, 3.63) is 45.4 Å². The second-order valence-corrected chi connectivity index (χ2v) is 7.73. The number of methoxy groups -OCH3 is 1. The molecule has 0 atom stereocenters. The number of aromatic nitrogens is 2. The summed E-state index contributed by atoms with van der Waals surface area (Å²) in [5.41, 5.74) is 1.28. The van der Waals surface area contributed by atoms with Crippen LogP contribution in [0.15, 0.2) is 28.7 Å². The molecule has 1 aliphatic heterocycles. The number of nitrogens with zero attached hydrogens (tertiary/aromatic N) is 5. The van der Waals surface area contributed by atoms with Crippen molar-refractivity contribution in [2.45, 2.75) is 20.3 Å². The fraction of sp³-hybridized carbons (Fsp3) is 0.478. The molecule has 2 aromatic heterocycles. The first-order valence-corrected chi connectivity index (χ1v) is 10.9. The van der Waals surface area contributed by atoms with E-state index in [-0.39, 0.29) is 16.7 Å². The molecule has 1 fully saturated rings. The lowest BCUT2D eigenvalue weighted by atomic mass is 10.1. The van der Waals surface area contributed by atoms with Crippen LogP contribution in [0.25, 0.3) is 11.7 Å². The van der Waals surface area contributed by atoms with E-state index in [9.17, 15) is 14.9 Å². The number of carbonyl (C=O) groups is 1. The van der Waals surface area contributed by atoms with E-state index >= 15 is 0 Å². The number of pyridine rings is 1. The molecule has 0 radical (unpaired) electrons. The third-order valence-corrected chi connectivity index (χ3v) is 5.65. The molecule has 1 saturated heterocycles. The highest BCUT2D eigenvalue weighted by Crippen LogP contribution is 2.22. The molecular formula is C23H30N6O3. The molecule has 1 aliphatic rings. The van der Waals surface area contributed by atoms with E-state index < -0.39 is 5.91 Å². The lowest BCUT2D eigenvalue weighted by molar-refractivity contribution is -0.117. The Bertz CT molecular complexity index is 1090. The van der Waals surface area contributed by atoms with Crippen LogP contribution in [0.2, 0.25) is 0 Å². The number of fused-ring (bicyclic) bond motifs is 1. The molecule has 170 valence electrons. The third kappa shape index (κ3) is 5.15. The Morgan fingerprint density at radius 2 is 2.09 bits per heavy atom. The monoisotopic (exact) mass is 438 g/mol. The van der Waals surface area contributed by atoms with Gasteiger partial charge in [0.2, 0.25) is 0 Å². The molecule has 9 heteroatoms. The van der Waals surface area contributed by atoms with Crippen LogP contribution >= 0.6 is 0 Å². The number of nitrogens with one attached hydrogen (secondary N) is 1. The number of aryl methyl sites for hydroxylation is 1. The molecule has 3 heterocycles. The summed E-state index contributed by atoms with van der Waals surface area (Å²) >= 11 is 0. The van der Waals surface area contributed by atoms with Crippen LogP contribution in [0.4, 0.5) is 5.82 Å². The summed E-state index contributed by atoms with van der Waals surface area (Å²) in [6.07, 6.45) is 3.66. The predicted octanol–water partition coefficient (Wildman–Crippen LogP) is 1.20. The van der Waals surface area contributed by atoms with Crippen LogP contribution in [-0.2, 0) is 9.53 Å². The van der Waals surface area contributed by atoms with Gasteiger partial charge in [-0.25, -0.2) is 4.98 Å². The van der Waals surface area contributed by atoms with Crippen molar-refractivity contribution in [1.29, 1.82) is 5.26 Å². The summed E-state index contributed by atoms with van der Waals surface area (Å²) < 4.78 is 6.45. The number of likely N-dealkylation sites (N-methyl/N-ethyl adjacent to an activating group) is 1. The van der Waals surface area contributed by atoms with Gasteiger partial charge in [0, 0.05) is 52.6 Å². The van der Waals surface area contributed by atoms with E-state index in [1.165, 1.54) is 10.5 Å². The van der Waals surface area contributed by atoms with Gasteiger partial charge in [-0.3, -0.25) is 14.0 Å². The van der Waals surface area contributed by atoms with Gasteiger partial charge in [0.15, 0.2) is 0 Å². The lowest BCUT2D eigenvalue weighted by Gasteiger charge is -2.35. The smallest absolute Gasteiger partial charge is 0.267 e. The minimum Gasteiger partial charge on any atom is -0.385 e. The van der Waals surface area contributed by atoms with Crippen molar-refractivity contribution in [1.82, 2.24) is 19.6 Å². The van der Waals surface area contributed by atoms with E-state index in [0.717, 1.165) is 25.2 Å². The number of hydrogen-bond donors (Lipinski definition) is 1. The summed E-state index contributed by atoms with van der Waals surface area (Å²) in [5.74, 6) is -0.000851. The van der Waals surface area contributed by atoms with E-state index in [4.69, 9.17) is 9.72 Å². The number of rotatable bonds is 8. The fourth-order valence-electron chi connectivity index (χ4n) is 3.75. The molecule has 32 heavy (non-hydrogen) atoms. The molecule has 0 aromatic carbocycles. The van der Waals surface area contributed by atoms with Crippen molar-refractivity contribution in [2.75, 3.05) is 57.9 Å². The summed E-state index contributed by atoms with van der Waals surface area (Å²) in [4.78, 5) is 35.2. The number of amides is 1. The zero-order valence-electron chi connectivity index (χ0n) is 18.9. The van der Waals surface area contributed by atoms with Gasteiger partial charge in [-0.15, -0.1) is 0 Å². The maximum absolute atomic E-state index is 13.4. The minimum absolute atomic E-state index is 0.123. The topological polar surface area (TPSA) is 103 Å². The normalized spacial score (nSPS) is 15.1. The van der Waals surface area contributed by atoms with Gasteiger partial charge in [0.05, 0.1) is 5.56 Å². The lowest BCUT2D eigenvalue weighted by Crippen LogP contribution is -2.47. The van der Waals surface area contributed by atoms with Gasteiger partial charge in [0.25, 0.3) is 11.5 Å². The Labute approximate surface area is 187 Å². The quantitative estimate of drug-likeness (QED) is 0.375. The van der Waals surface area contributed by atoms with Gasteiger partial charge in [-0.2, -0.15) is 5.26 Å². The van der Waals surface area contributed by atoms with Gasteiger partial charge in [-0.05, 0) is 37.6 Å². The summed E-state index contributed by atoms with van der Waals surface area (Å²) in [6, 6.07) is 5.63. The Kier molecular flexibility index (Phi) is 7.98. The number of anilines is 1. The van der Waals surface area contributed by atoms with Crippen molar-refractivity contribution in [2.24, 2.45) is 0 Å². The standard InChI is InChI=1S/C23H30N6O3/c1-4-27-10-12-28(13-11-27)21-19(15-18(16-24)22(30)25-8-6-14-32-3)23(31)29-9-5-7-17(2)20(29)26-21/h5,7,9,15H,4,6,8,10-14H2,1-3H3,(H,25,30)/b18-15+. The first-order valence-electron chi connectivity index (χ1n) is 10.9. The highest BCUT2D eigenvalue weighted by Gasteiger charge is 2.23. The van der Waals surface area contributed by atoms with Crippen LogP contribution in [0.3, 0.4) is 0 Å². The number of ether oxygens (including phenoxy) is 1. The molecule has 0 unspecified atom stereocenters. The Morgan fingerprint density at radius 3 is 2.75 bits per heavy atom. The number of hydrogen-bond acceptors (Lipinski definition) is 7. The molecule has 9 nitrogen and oxygen atoms in total. The largest absolute Gasteiger partial charge is 0.385 e. The van der Waals surface area contributed by atoms with Crippen LogP contribution in [0.1, 0.15) is 24.5 Å². The van der Waals surface area contributed by atoms with E-state index in [0.29, 0.717) is 44.1 Å². The molecule has 0 bridgehead atoms. The Hall–Kier alpha value is -3.22. The van der Waals surface area contributed by atoms with Crippen molar-refractivity contribution in [3.63, 3.8) is 0 Å². The van der Waals surface area contributed by atoms with Crippen molar-refractivity contribution < 1.29 is 9.53 Å². The van der Waals surface area contributed by atoms with Crippen LogP contribution in [-0.4, -0.2) is 73.2 Å². The minimum atomic E-state index is -0.515. The first-order chi connectivity index (χ1) is 15.5. The molecular weight excluding hydrogens is 408 g/mol. The maximum Gasteiger partial charge on any atom is 0.267 e. The predicted molar refractivity (Wildman–Crippen MR) is 124 cm³/mol. The molecule has 3 rings (SSSR count). The first kappa shape index (κ1) is 23.4. The molecule has 0 spiro atoms. The average molecular weight is 439 g/mol. The molecule has 0 saturated carbocycles. The SMILES string of the molecule is CCN1CCN(c2nc3c(C)cccn3c(=O)c2/C=C(\C#N)C(=O)NCCCOC)CC1. The second-order valence-electron chi connectivity index (χ2n) is 7.73. The van der Waals surface area contributed by atoms with Crippen molar-refractivity contribution >= 4 is 23.4 Å². The van der Waals surface area contributed by atoms with Gasteiger partial charge >= 0.3 is 0 Å². The van der Waals surface area contributed by atoms with Gasteiger partial charge in [0.1, 0.15) is 23.1 Å². The van der Waals surface area contributed by atoms with Crippen LogP contribution < -0.4 is 15.8 Å². The van der Waals surface area contributed by atoms with E-state index in [1.54, 1.807) is 19.4 Å². The van der Waals surface area contributed by atoms with Gasteiger partial charge in [-0.1, -0.05) is 13.0 Å². The average Bonchev–Trinajstić information content (AvgIpc) is 2.81. The third-order valence-electron chi connectivity index (χ3n) is 5.65. The summed E-state index contributed by atoms with van der Waals surface area (Å²) in [7, 11) is 1.59. The number of carbonyl (C=O) groups excluding carboxylic acids is 1. The number of piperazine rings is 1. The van der Waals surface area contributed by atoms with E-state index in [1.807, 2.05) is 19.1 Å². The maximum atomic E-state index is 13.4. The van der Waals surface area contributed by atoms with Crippen LogP contribution in [0.5, 0.6) is 0 Å². The van der Waals surface area contributed by atoms with Crippen molar-refractivity contribution in [3.8, 4) is 6.07 Å².